The minimum absolute atomic E-state index is 0.0490. The summed E-state index contributed by atoms with van der Waals surface area (Å²) in [6, 6.07) is 8.51. The summed E-state index contributed by atoms with van der Waals surface area (Å²) in [6.07, 6.45) is 7.13. The second kappa shape index (κ2) is 6.72. The fourth-order valence-electron chi connectivity index (χ4n) is 3.06. The monoisotopic (exact) mass is 360 g/mol. The number of Topliss-reactive ketones (excluding diaryl/α,β-unsaturated/α-hetero) is 1. The summed E-state index contributed by atoms with van der Waals surface area (Å²) in [6.45, 7) is 1.79. The Hall–Kier alpha value is -3.41. The Morgan fingerprint density at radius 3 is 2.63 bits per heavy atom. The Labute approximate surface area is 155 Å². The molecule has 0 unspecified atom stereocenters. The zero-order valence-electron chi connectivity index (χ0n) is 15.0. The third-order valence-electron chi connectivity index (χ3n) is 4.50. The maximum atomic E-state index is 14.9. The molecule has 0 aliphatic heterocycles. The predicted molar refractivity (Wildman–Crippen MR) is 102 cm³/mol. The van der Waals surface area contributed by atoms with Crippen LogP contribution in [0.25, 0.3) is 33.2 Å². The van der Waals surface area contributed by atoms with Gasteiger partial charge in [-0.05, 0) is 23.8 Å². The zero-order valence-corrected chi connectivity index (χ0v) is 15.0. The first-order valence-electron chi connectivity index (χ1n) is 8.63. The molecule has 0 saturated carbocycles. The van der Waals surface area contributed by atoms with Crippen molar-refractivity contribution in [3.8, 4) is 22.3 Å². The Morgan fingerprint density at radius 2 is 1.93 bits per heavy atom. The van der Waals surface area contributed by atoms with Crippen LogP contribution in [0.4, 0.5) is 4.39 Å². The van der Waals surface area contributed by atoms with Gasteiger partial charge in [-0.1, -0.05) is 19.1 Å². The molecule has 134 valence electrons. The maximum Gasteiger partial charge on any atom is 0.180 e. The smallest absolute Gasteiger partial charge is 0.180 e. The molecule has 1 aromatic carbocycles. The number of pyridine rings is 2. The average molecular weight is 360 g/mol. The van der Waals surface area contributed by atoms with Crippen molar-refractivity contribution in [1.82, 2.24) is 19.7 Å². The summed E-state index contributed by atoms with van der Waals surface area (Å²) < 4.78 is 16.6. The summed E-state index contributed by atoms with van der Waals surface area (Å²) >= 11 is 0. The third-order valence-corrected chi connectivity index (χ3v) is 4.50. The molecule has 0 bridgehead atoms. The van der Waals surface area contributed by atoms with Crippen LogP contribution < -0.4 is 0 Å². The van der Waals surface area contributed by atoms with E-state index in [1.54, 1.807) is 48.4 Å². The van der Waals surface area contributed by atoms with Crippen LogP contribution in [-0.4, -0.2) is 25.5 Å². The summed E-state index contributed by atoms with van der Waals surface area (Å²) in [5.41, 5.74) is 3.49. The van der Waals surface area contributed by atoms with Gasteiger partial charge in [0, 0.05) is 54.1 Å². The lowest BCUT2D eigenvalue weighted by molar-refractivity contribution is 0.0984. The number of fused-ring (bicyclic) bond motifs is 1. The van der Waals surface area contributed by atoms with E-state index >= 15 is 0 Å². The van der Waals surface area contributed by atoms with E-state index in [9.17, 15) is 9.18 Å². The van der Waals surface area contributed by atoms with E-state index in [1.165, 1.54) is 6.07 Å². The number of carbonyl (C=O) groups is 1. The van der Waals surface area contributed by atoms with E-state index in [0.29, 0.717) is 28.8 Å². The fourth-order valence-corrected chi connectivity index (χ4v) is 3.06. The third kappa shape index (κ3) is 3.10. The molecule has 5 nitrogen and oxygen atoms in total. The lowest BCUT2D eigenvalue weighted by Gasteiger charge is -2.09. The van der Waals surface area contributed by atoms with Gasteiger partial charge in [-0.15, -0.1) is 0 Å². The van der Waals surface area contributed by atoms with Crippen LogP contribution in [0.1, 0.15) is 23.8 Å². The van der Waals surface area contributed by atoms with Crippen LogP contribution in [0.15, 0.2) is 55.1 Å². The van der Waals surface area contributed by atoms with Gasteiger partial charge in [-0.25, -0.2) is 9.37 Å². The molecule has 0 aliphatic carbocycles. The number of benzene rings is 1. The van der Waals surface area contributed by atoms with Crippen LogP contribution >= 0.6 is 0 Å². The SMILES string of the molecule is CCC(=O)c1ccc2cncc(-c3ccc(-c4cnn(C)c4)cc3F)c2n1. The topological polar surface area (TPSA) is 60.7 Å². The zero-order chi connectivity index (χ0) is 19.0. The number of rotatable bonds is 4. The van der Waals surface area contributed by atoms with Gasteiger partial charge in [0.05, 0.1) is 11.7 Å². The van der Waals surface area contributed by atoms with Crippen molar-refractivity contribution in [3.05, 3.63) is 66.6 Å². The Balaban J connectivity index is 1.85. The van der Waals surface area contributed by atoms with Gasteiger partial charge in [0.15, 0.2) is 5.78 Å². The van der Waals surface area contributed by atoms with Crippen LogP contribution in [0, 0.1) is 5.82 Å². The van der Waals surface area contributed by atoms with Crippen molar-refractivity contribution in [3.63, 3.8) is 0 Å². The summed E-state index contributed by atoms with van der Waals surface area (Å²) in [4.78, 5) is 20.7. The molecule has 0 N–H and O–H groups in total. The highest BCUT2D eigenvalue weighted by Crippen LogP contribution is 2.31. The van der Waals surface area contributed by atoms with Gasteiger partial charge < -0.3 is 0 Å². The highest BCUT2D eigenvalue weighted by atomic mass is 19.1. The first kappa shape index (κ1) is 17.0. The Bertz CT molecular complexity index is 1170. The van der Waals surface area contributed by atoms with E-state index in [4.69, 9.17) is 0 Å². The molecule has 27 heavy (non-hydrogen) atoms. The molecular weight excluding hydrogens is 343 g/mol. The number of hydrogen-bond donors (Lipinski definition) is 0. The molecule has 0 amide bonds. The molecule has 0 spiro atoms. The quantitative estimate of drug-likeness (QED) is 0.505. The predicted octanol–water partition coefficient (Wildman–Crippen LogP) is 4.43. The van der Waals surface area contributed by atoms with Gasteiger partial charge in [-0.3, -0.25) is 14.5 Å². The Kier molecular flexibility index (Phi) is 4.24. The molecule has 0 saturated heterocycles. The Morgan fingerprint density at radius 1 is 1.07 bits per heavy atom. The second-order valence-electron chi connectivity index (χ2n) is 6.33. The minimum Gasteiger partial charge on any atom is -0.292 e. The van der Waals surface area contributed by atoms with Crippen LogP contribution in [0.2, 0.25) is 0 Å². The lowest BCUT2D eigenvalue weighted by atomic mass is 10.00. The standard InChI is InChI=1S/C21H17FN4O/c1-3-20(27)19-7-5-14-9-23-11-17(21(14)25-19)16-6-4-13(8-18(16)22)15-10-24-26(2)12-15/h4-12H,3H2,1-2H3. The molecule has 0 atom stereocenters. The first-order valence-corrected chi connectivity index (χ1v) is 8.63. The van der Waals surface area contributed by atoms with Crippen molar-refractivity contribution in [2.24, 2.45) is 7.05 Å². The number of ketones is 1. The molecule has 0 aliphatic rings. The van der Waals surface area contributed by atoms with Crippen LogP contribution in [0.3, 0.4) is 0 Å². The highest BCUT2D eigenvalue weighted by molar-refractivity contribution is 5.99. The van der Waals surface area contributed by atoms with Crippen molar-refractivity contribution < 1.29 is 9.18 Å². The van der Waals surface area contributed by atoms with Crippen molar-refractivity contribution in [2.75, 3.05) is 0 Å². The normalized spacial score (nSPS) is 11.1. The van der Waals surface area contributed by atoms with E-state index in [-0.39, 0.29) is 11.6 Å². The van der Waals surface area contributed by atoms with Crippen molar-refractivity contribution in [1.29, 1.82) is 0 Å². The molecule has 6 heteroatoms. The van der Waals surface area contributed by atoms with Crippen LogP contribution in [0.5, 0.6) is 0 Å². The van der Waals surface area contributed by atoms with Gasteiger partial charge >= 0.3 is 0 Å². The summed E-state index contributed by atoms with van der Waals surface area (Å²) in [5.74, 6) is -0.424. The van der Waals surface area contributed by atoms with Gasteiger partial charge in [0.25, 0.3) is 0 Å². The van der Waals surface area contributed by atoms with Gasteiger partial charge in [0.2, 0.25) is 0 Å². The fraction of sp³-hybridized carbons (Fsp3) is 0.143. The second-order valence-corrected chi connectivity index (χ2v) is 6.33. The molecular formula is C21H17FN4O. The largest absolute Gasteiger partial charge is 0.292 e. The number of hydrogen-bond acceptors (Lipinski definition) is 4. The summed E-state index contributed by atoms with van der Waals surface area (Å²) in [7, 11) is 1.82. The molecule has 0 radical (unpaired) electrons. The van der Waals surface area contributed by atoms with E-state index in [0.717, 1.165) is 16.5 Å². The van der Waals surface area contributed by atoms with E-state index in [1.807, 2.05) is 19.3 Å². The van der Waals surface area contributed by atoms with Crippen molar-refractivity contribution in [2.45, 2.75) is 13.3 Å². The molecule has 3 aromatic heterocycles. The molecule has 0 fully saturated rings. The van der Waals surface area contributed by atoms with Crippen molar-refractivity contribution >= 4 is 16.7 Å². The number of nitrogens with zero attached hydrogens (tertiary/aromatic N) is 4. The maximum absolute atomic E-state index is 14.9. The average Bonchev–Trinajstić information content (AvgIpc) is 3.13. The molecule has 4 rings (SSSR count). The van der Waals surface area contributed by atoms with Gasteiger partial charge in [0.1, 0.15) is 11.5 Å². The van der Waals surface area contributed by atoms with E-state index < -0.39 is 0 Å². The number of aryl methyl sites for hydroxylation is 1. The van der Waals surface area contributed by atoms with Gasteiger partial charge in [-0.2, -0.15) is 5.10 Å². The lowest BCUT2D eigenvalue weighted by Crippen LogP contribution is -2.01. The van der Waals surface area contributed by atoms with E-state index in [2.05, 4.69) is 15.1 Å². The number of halogens is 1. The summed E-state index contributed by atoms with van der Waals surface area (Å²) in [5, 5.41) is 4.88. The number of carbonyl (C=O) groups excluding carboxylic acids is 1. The molecule has 4 aromatic rings. The number of aromatic nitrogens is 4. The minimum atomic E-state index is -0.375. The highest BCUT2D eigenvalue weighted by Gasteiger charge is 2.14. The first-order chi connectivity index (χ1) is 13.1. The van der Waals surface area contributed by atoms with Crippen LogP contribution in [-0.2, 0) is 7.05 Å². The molecule has 3 heterocycles.